The van der Waals surface area contributed by atoms with E-state index < -0.39 is 17.4 Å². The average molecular weight is 509 g/mol. The van der Waals surface area contributed by atoms with Gasteiger partial charge in [0, 0.05) is 11.6 Å². The molecule has 0 radical (unpaired) electrons. The van der Waals surface area contributed by atoms with Crippen LogP contribution in [0.4, 0.5) is 5.69 Å². The molecule has 0 aliphatic carbocycles. The fraction of sp³-hybridized carbons (Fsp3) is 0.241. The molecule has 3 saturated heterocycles. The lowest BCUT2D eigenvalue weighted by molar-refractivity contribution is -0.124. The first kappa shape index (κ1) is 21.3. The summed E-state index contributed by atoms with van der Waals surface area (Å²) < 4.78 is 1.67. The molecule has 3 aromatic carbocycles. The van der Waals surface area contributed by atoms with Crippen LogP contribution in [0.15, 0.2) is 77.6 Å². The molecule has 0 N–H and O–H groups in total. The molecule has 8 heteroatoms. The molecule has 0 bridgehead atoms. The van der Waals surface area contributed by atoms with Crippen molar-refractivity contribution < 1.29 is 9.59 Å². The van der Waals surface area contributed by atoms with Crippen molar-refractivity contribution in [3.63, 3.8) is 0 Å². The zero-order valence-corrected chi connectivity index (χ0v) is 20.4. The van der Waals surface area contributed by atoms with E-state index in [0.29, 0.717) is 27.4 Å². The number of imide groups is 1. The van der Waals surface area contributed by atoms with Crippen LogP contribution in [0.2, 0.25) is 5.02 Å². The van der Waals surface area contributed by atoms with Gasteiger partial charge >= 0.3 is 0 Å². The normalized spacial score (nSPS) is 27.7. The Labute approximate surface area is 216 Å². The first-order valence-electron chi connectivity index (χ1n) is 12.6. The van der Waals surface area contributed by atoms with Crippen molar-refractivity contribution in [3.05, 3.63) is 99.6 Å². The van der Waals surface area contributed by atoms with Crippen molar-refractivity contribution in [2.45, 2.75) is 24.4 Å². The van der Waals surface area contributed by atoms with E-state index in [-0.39, 0.29) is 23.4 Å². The molecule has 182 valence electrons. The topological polar surface area (TPSA) is 75.5 Å². The number of hydrogen-bond acceptors (Lipinski definition) is 5. The molecule has 0 saturated carbocycles. The fourth-order valence-corrected chi connectivity index (χ4v) is 7.70. The summed E-state index contributed by atoms with van der Waals surface area (Å²) in [7, 11) is 0. The number of anilines is 1. The van der Waals surface area contributed by atoms with Gasteiger partial charge in [-0.1, -0.05) is 54.1 Å². The van der Waals surface area contributed by atoms with Crippen LogP contribution in [0.5, 0.6) is 0 Å². The number of halogens is 1. The van der Waals surface area contributed by atoms with Gasteiger partial charge in [0.05, 0.1) is 39.1 Å². The predicted molar refractivity (Wildman–Crippen MR) is 139 cm³/mol. The summed E-state index contributed by atoms with van der Waals surface area (Å²) in [5.74, 6) is -1.25. The maximum Gasteiger partial charge on any atom is 0.266 e. The maximum absolute atomic E-state index is 14.4. The van der Waals surface area contributed by atoms with Crippen molar-refractivity contribution in [1.29, 1.82) is 0 Å². The number of amides is 2. The minimum Gasteiger partial charge on any atom is -0.283 e. The second-order valence-electron chi connectivity index (χ2n) is 10.2. The van der Waals surface area contributed by atoms with E-state index in [9.17, 15) is 14.4 Å². The fourth-order valence-electron chi connectivity index (χ4n) is 7.48. The molecule has 4 aromatic rings. The Balaban J connectivity index is 1.46. The summed E-state index contributed by atoms with van der Waals surface area (Å²) in [6.07, 6.45) is 1.71. The van der Waals surface area contributed by atoms with Crippen molar-refractivity contribution >= 4 is 40.0 Å². The van der Waals surface area contributed by atoms with Crippen LogP contribution in [0.3, 0.4) is 0 Å². The molecule has 4 aliphatic heterocycles. The van der Waals surface area contributed by atoms with Crippen molar-refractivity contribution in [3.8, 4) is 5.69 Å². The van der Waals surface area contributed by atoms with E-state index >= 15 is 0 Å². The highest BCUT2D eigenvalue weighted by molar-refractivity contribution is 6.36. The van der Waals surface area contributed by atoms with E-state index in [1.54, 1.807) is 34.9 Å². The number of aromatic nitrogens is 2. The van der Waals surface area contributed by atoms with Gasteiger partial charge in [-0.25, -0.2) is 9.88 Å². The number of hydrogen-bond donors (Lipinski definition) is 0. The van der Waals surface area contributed by atoms with Gasteiger partial charge in [-0.2, -0.15) is 0 Å². The van der Waals surface area contributed by atoms with Gasteiger partial charge in [0.2, 0.25) is 11.8 Å². The van der Waals surface area contributed by atoms with E-state index in [1.807, 2.05) is 42.5 Å². The number of rotatable bonds is 1. The predicted octanol–water partition coefficient (Wildman–Crippen LogP) is 3.88. The van der Waals surface area contributed by atoms with Crippen molar-refractivity contribution in [1.82, 2.24) is 14.5 Å². The molecule has 5 heterocycles. The van der Waals surface area contributed by atoms with Crippen molar-refractivity contribution in [2.24, 2.45) is 11.8 Å². The molecule has 37 heavy (non-hydrogen) atoms. The summed E-state index contributed by atoms with van der Waals surface area (Å²) in [4.78, 5) is 51.0. The van der Waals surface area contributed by atoms with E-state index in [1.165, 1.54) is 4.90 Å². The van der Waals surface area contributed by atoms with Crippen LogP contribution in [0, 0.1) is 11.8 Å². The van der Waals surface area contributed by atoms with Gasteiger partial charge in [0.25, 0.3) is 5.56 Å². The Morgan fingerprint density at radius 1 is 0.865 bits per heavy atom. The smallest absolute Gasteiger partial charge is 0.266 e. The molecule has 3 fully saturated rings. The quantitative estimate of drug-likeness (QED) is 0.365. The van der Waals surface area contributed by atoms with E-state index in [0.717, 1.165) is 30.6 Å². The Hall–Kier alpha value is -3.81. The van der Waals surface area contributed by atoms with Gasteiger partial charge in [0.15, 0.2) is 0 Å². The largest absolute Gasteiger partial charge is 0.283 e. The standard InChI is InChI=1S/C29H21ClN4O3/c30-18-10-3-6-13-21(18)33-26(36)23-22-14-7-15-32(22)29(24(23)27(33)37)17-9-2-5-12-20(17)34-25(35)16-8-1-4-11-19(16)31-28(29)34/h1-6,8-13,22-24H,7,14-15H2/t22-,23-,24+,29+/m0/s1. The van der Waals surface area contributed by atoms with Gasteiger partial charge in [0.1, 0.15) is 11.4 Å². The summed E-state index contributed by atoms with van der Waals surface area (Å²) in [5.41, 5.74) is 1.39. The monoisotopic (exact) mass is 508 g/mol. The minimum atomic E-state index is -1.02. The molecular formula is C29H21ClN4O3. The average Bonchev–Trinajstić information content (AvgIpc) is 3.62. The van der Waals surface area contributed by atoms with Gasteiger partial charge < -0.3 is 0 Å². The summed E-state index contributed by atoms with van der Waals surface area (Å²) in [6, 6.07) is 21.9. The van der Waals surface area contributed by atoms with Crippen LogP contribution in [-0.2, 0) is 15.1 Å². The van der Waals surface area contributed by atoms with Gasteiger partial charge in [-0.05, 0) is 49.7 Å². The molecular weight excluding hydrogens is 488 g/mol. The number of benzene rings is 3. The molecule has 2 amide bonds. The second kappa shape index (κ2) is 7.15. The third-order valence-electron chi connectivity index (χ3n) is 8.73. The van der Waals surface area contributed by atoms with Crippen molar-refractivity contribution in [2.75, 3.05) is 11.4 Å². The molecule has 1 aromatic heterocycles. The Kier molecular flexibility index (Phi) is 4.11. The summed E-state index contributed by atoms with van der Waals surface area (Å²) >= 11 is 6.49. The first-order chi connectivity index (χ1) is 18.0. The Bertz CT molecular complexity index is 1750. The zero-order chi connectivity index (χ0) is 25.1. The van der Waals surface area contributed by atoms with Gasteiger partial charge in [-0.3, -0.25) is 23.9 Å². The van der Waals surface area contributed by atoms with Crippen LogP contribution < -0.4 is 10.5 Å². The zero-order valence-electron chi connectivity index (χ0n) is 19.7. The third-order valence-corrected chi connectivity index (χ3v) is 9.05. The SMILES string of the molecule is O=C1[C@H]2[C@@H]3CCCN3[C@]3(c4ccccc4-n4c3nc3ccccc3c4=O)[C@H]2C(=O)N1c1ccccc1Cl. The lowest BCUT2D eigenvalue weighted by Gasteiger charge is -2.38. The van der Waals surface area contributed by atoms with Crippen LogP contribution >= 0.6 is 11.6 Å². The second-order valence-corrected chi connectivity index (χ2v) is 10.7. The summed E-state index contributed by atoms with van der Waals surface area (Å²) in [6.45, 7) is 0.724. The molecule has 1 spiro atoms. The lowest BCUT2D eigenvalue weighted by Crippen LogP contribution is -2.51. The molecule has 7 nitrogen and oxygen atoms in total. The first-order valence-corrected chi connectivity index (χ1v) is 12.9. The Morgan fingerprint density at radius 3 is 2.43 bits per heavy atom. The van der Waals surface area contributed by atoms with E-state index in [2.05, 4.69) is 4.90 Å². The lowest BCUT2D eigenvalue weighted by atomic mass is 9.75. The van der Waals surface area contributed by atoms with E-state index in [4.69, 9.17) is 16.6 Å². The minimum absolute atomic E-state index is 0.128. The highest BCUT2D eigenvalue weighted by Gasteiger charge is 2.73. The molecule has 0 unspecified atom stereocenters. The summed E-state index contributed by atoms with van der Waals surface area (Å²) in [5, 5.41) is 0.881. The van der Waals surface area contributed by atoms with Crippen LogP contribution in [0.1, 0.15) is 24.2 Å². The molecule has 8 rings (SSSR count). The number of carbonyl (C=O) groups is 2. The molecule has 4 aliphatic rings. The Morgan fingerprint density at radius 2 is 1.59 bits per heavy atom. The number of carbonyl (C=O) groups excluding carboxylic acids is 2. The highest BCUT2D eigenvalue weighted by Crippen LogP contribution is 2.62. The number of para-hydroxylation sites is 3. The molecule has 4 atom stereocenters. The number of fused-ring (bicyclic) bond motifs is 11. The highest BCUT2D eigenvalue weighted by atomic mass is 35.5. The van der Waals surface area contributed by atoms with Crippen LogP contribution in [-0.4, -0.2) is 38.9 Å². The van der Waals surface area contributed by atoms with Crippen LogP contribution in [0.25, 0.3) is 16.6 Å². The third kappa shape index (κ3) is 2.37. The number of nitrogens with zero attached hydrogens (tertiary/aromatic N) is 4. The maximum atomic E-state index is 14.4. The van der Waals surface area contributed by atoms with Gasteiger partial charge in [-0.15, -0.1) is 0 Å².